The quantitative estimate of drug-likeness (QED) is 0.705. The second kappa shape index (κ2) is 9.33. The number of nitrogens with one attached hydrogen (secondary N) is 2. The summed E-state index contributed by atoms with van der Waals surface area (Å²) in [6.45, 7) is 1.82. The number of fused-ring (bicyclic) bond motifs is 1. The molecule has 0 fully saturated rings. The van der Waals surface area contributed by atoms with Gasteiger partial charge in [0.2, 0.25) is 11.8 Å². The number of carbonyl (C=O) groups excluding carboxylic acids is 2. The summed E-state index contributed by atoms with van der Waals surface area (Å²) in [6.07, 6.45) is 9.91. The molecule has 2 heterocycles. The summed E-state index contributed by atoms with van der Waals surface area (Å²) >= 11 is 0. The molecular formula is C24H24FN5O3. The van der Waals surface area contributed by atoms with Crippen LogP contribution in [0.25, 0.3) is 11.3 Å². The molecule has 170 valence electrons. The maximum atomic E-state index is 13.4. The Kier molecular flexibility index (Phi) is 6.32. The van der Waals surface area contributed by atoms with Crippen molar-refractivity contribution in [1.29, 1.82) is 0 Å². The van der Waals surface area contributed by atoms with Crippen LogP contribution in [-0.4, -0.2) is 45.9 Å². The van der Waals surface area contributed by atoms with E-state index in [4.69, 9.17) is 0 Å². The van der Waals surface area contributed by atoms with Gasteiger partial charge in [0.25, 0.3) is 5.56 Å². The van der Waals surface area contributed by atoms with Gasteiger partial charge < -0.3 is 15.5 Å². The molecule has 1 aromatic carbocycles. The smallest absolute Gasteiger partial charge is 0.294 e. The van der Waals surface area contributed by atoms with Crippen molar-refractivity contribution >= 4 is 17.6 Å². The van der Waals surface area contributed by atoms with Gasteiger partial charge in [-0.25, -0.2) is 9.37 Å². The van der Waals surface area contributed by atoms with Crippen molar-refractivity contribution in [3.8, 4) is 11.3 Å². The minimum Gasteiger partial charge on any atom is -0.313 e. The molecule has 0 saturated carbocycles. The van der Waals surface area contributed by atoms with Crippen LogP contribution in [0, 0.1) is 5.82 Å². The minimum absolute atomic E-state index is 0.180. The Balaban J connectivity index is 1.68. The molecule has 1 aliphatic carbocycles. The van der Waals surface area contributed by atoms with E-state index in [0.717, 1.165) is 17.6 Å². The van der Waals surface area contributed by atoms with Crippen molar-refractivity contribution in [3.63, 3.8) is 0 Å². The molecule has 9 heteroatoms. The number of anilines is 1. The lowest BCUT2D eigenvalue weighted by molar-refractivity contribution is -0.128. The van der Waals surface area contributed by atoms with E-state index in [-0.39, 0.29) is 18.3 Å². The van der Waals surface area contributed by atoms with Crippen LogP contribution in [0.4, 0.5) is 10.2 Å². The average Bonchev–Trinajstić information content (AvgIpc) is 3.26. The molecule has 4 rings (SSSR count). The van der Waals surface area contributed by atoms with Crippen LogP contribution >= 0.6 is 0 Å². The van der Waals surface area contributed by atoms with E-state index in [1.807, 2.05) is 18.2 Å². The van der Waals surface area contributed by atoms with Crippen LogP contribution in [-0.2, 0) is 16.1 Å². The lowest BCUT2D eigenvalue weighted by Crippen LogP contribution is -2.39. The maximum Gasteiger partial charge on any atom is 0.294 e. The standard InChI is InChI=1S/C24H24FN5O3/c1-15(26-2)23(32)28-22-24(33)30(20(11-27-22)16-7-9-19(25)10-8-16)14-21(31)29-12-17-5-3-4-6-18(17)13-29/h3-5,7-11,13,15,26H,6,12,14H2,1-2H3,(H,27,28,32)/t15-/m0/s1. The average molecular weight is 449 g/mol. The predicted octanol–water partition coefficient (Wildman–Crippen LogP) is 2.21. The number of amides is 2. The van der Waals surface area contributed by atoms with Crippen LogP contribution in [0.3, 0.4) is 0 Å². The van der Waals surface area contributed by atoms with E-state index in [1.165, 1.54) is 35.0 Å². The van der Waals surface area contributed by atoms with Gasteiger partial charge in [-0.2, -0.15) is 0 Å². The number of likely N-dealkylation sites (N-methyl/N-ethyl adjacent to an activating group) is 1. The Bertz CT molecular complexity index is 1240. The van der Waals surface area contributed by atoms with Gasteiger partial charge in [0.1, 0.15) is 12.4 Å². The third kappa shape index (κ3) is 4.68. The summed E-state index contributed by atoms with van der Waals surface area (Å²) in [5, 5.41) is 5.31. The van der Waals surface area contributed by atoms with E-state index in [1.54, 1.807) is 25.1 Å². The first-order chi connectivity index (χ1) is 15.9. The molecule has 0 spiro atoms. The SMILES string of the molecule is CN[C@@H](C)C(=O)Nc1ncc(-c2ccc(F)cc2)n(CC(=O)N2C=C3CC=CC=C3C2)c1=O. The number of aromatic nitrogens is 2. The zero-order valence-electron chi connectivity index (χ0n) is 18.3. The summed E-state index contributed by atoms with van der Waals surface area (Å²) < 4.78 is 14.7. The lowest BCUT2D eigenvalue weighted by atomic mass is 10.0. The Labute approximate surface area is 190 Å². The lowest BCUT2D eigenvalue weighted by Gasteiger charge is -2.18. The van der Waals surface area contributed by atoms with Crippen molar-refractivity contribution in [3.05, 3.63) is 82.2 Å². The molecule has 2 amide bonds. The van der Waals surface area contributed by atoms with Crippen molar-refractivity contribution in [2.24, 2.45) is 0 Å². The van der Waals surface area contributed by atoms with E-state index in [2.05, 4.69) is 15.6 Å². The summed E-state index contributed by atoms with van der Waals surface area (Å²) in [4.78, 5) is 44.4. The van der Waals surface area contributed by atoms with Gasteiger partial charge in [0.05, 0.1) is 24.5 Å². The molecule has 8 nitrogen and oxygen atoms in total. The molecule has 2 aliphatic rings. The van der Waals surface area contributed by atoms with Gasteiger partial charge in [-0.1, -0.05) is 18.2 Å². The topological polar surface area (TPSA) is 96.3 Å². The molecule has 1 aliphatic heterocycles. The number of hydrogen-bond donors (Lipinski definition) is 2. The number of rotatable bonds is 6. The van der Waals surface area contributed by atoms with Crippen molar-refractivity contribution in [2.75, 3.05) is 18.9 Å². The molecule has 1 atom stereocenters. The van der Waals surface area contributed by atoms with Crippen molar-refractivity contribution in [1.82, 2.24) is 19.8 Å². The Morgan fingerprint density at radius 2 is 1.97 bits per heavy atom. The summed E-state index contributed by atoms with van der Waals surface area (Å²) in [5.41, 5.74) is 2.39. The van der Waals surface area contributed by atoms with E-state index >= 15 is 0 Å². The first-order valence-electron chi connectivity index (χ1n) is 10.6. The number of halogens is 1. The minimum atomic E-state index is -0.619. The van der Waals surface area contributed by atoms with Gasteiger partial charge in [0.15, 0.2) is 5.82 Å². The molecule has 0 bridgehead atoms. The van der Waals surface area contributed by atoms with Crippen LogP contribution < -0.4 is 16.2 Å². The molecule has 1 aromatic heterocycles. The molecule has 2 aromatic rings. The number of benzene rings is 1. The number of carbonyl (C=O) groups is 2. The highest BCUT2D eigenvalue weighted by atomic mass is 19.1. The summed E-state index contributed by atoms with van der Waals surface area (Å²) in [7, 11) is 1.62. The highest BCUT2D eigenvalue weighted by molar-refractivity contribution is 5.93. The Morgan fingerprint density at radius 3 is 2.67 bits per heavy atom. The van der Waals surface area contributed by atoms with E-state index in [0.29, 0.717) is 17.8 Å². The van der Waals surface area contributed by atoms with Crippen LogP contribution in [0.2, 0.25) is 0 Å². The van der Waals surface area contributed by atoms with Crippen LogP contribution in [0.1, 0.15) is 13.3 Å². The fourth-order valence-electron chi connectivity index (χ4n) is 3.65. The highest BCUT2D eigenvalue weighted by Crippen LogP contribution is 2.27. The van der Waals surface area contributed by atoms with Gasteiger partial charge in [-0.15, -0.1) is 0 Å². The van der Waals surface area contributed by atoms with Crippen LogP contribution in [0.5, 0.6) is 0 Å². The molecule has 2 N–H and O–H groups in total. The second-order valence-corrected chi connectivity index (χ2v) is 7.89. The van der Waals surface area contributed by atoms with Gasteiger partial charge in [-0.05, 0) is 55.8 Å². The normalized spacial score (nSPS) is 15.5. The third-order valence-corrected chi connectivity index (χ3v) is 5.71. The largest absolute Gasteiger partial charge is 0.313 e. The van der Waals surface area contributed by atoms with Crippen molar-refractivity contribution < 1.29 is 14.0 Å². The third-order valence-electron chi connectivity index (χ3n) is 5.71. The van der Waals surface area contributed by atoms with Crippen molar-refractivity contribution in [2.45, 2.75) is 25.9 Å². The van der Waals surface area contributed by atoms with Crippen LogP contribution in [0.15, 0.2) is 70.8 Å². The van der Waals surface area contributed by atoms with Gasteiger partial charge >= 0.3 is 0 Å². The monoisotopic (exact) mass is 449 g/mol. The maximum absolute atomic E-state index is 13.4. The van der Waals surface area contributed by atoms with E-state index < -0.39 is 23.3 Å². The highest BCUT2D eigenvalue weighted by Gasteiger charge is 2.25. The zero-order valence-corrected chi connectivity index (χ0v) is 18.3. The Hall–Kier alpha value is -3.85. The first kappa shape index (κ1) is 22.3. The molecular weight excluding hydrogens is 425 g/mol. The molecule has 33 heavy (non-hydrogen) atoms. The van der Waals surface area contributed by atoms with Gasteiger partial charge in [0, 0.05) is 11.8 Å². The number of hydrogen-bond acceptors (Lipinski definition) is 5. The number of allylic oxidation sites excluding steroid dienone is 3. The summed E-state index contributed by atoms with van der Waals surface area (Å²) in [6, 6.07) is 5.02. The molecule has 0 saturated heterocycles. The fraction of sp³-hybridized carbons (Fsp3) is 0.250. The second-order valence-electron chi connectivity index (χ2n) is 7.89. The number of nitrogens with zero attached hydrogens (tertiary/aromatic N) is 3. The Morgan fingerprint density at radius 1 is 1.21 bits per heavy atom. The summed E-state index contributed by atoms with van der Waals surface area (Å²) in [5.74, 6) is -1.31. The zero-order chi connectivity index (χ0) is 23.5. The molecule has 0 radical (unpaired) electrons. The molecule has 0 unspecified atom stereocenters. The first-order valence-corrected chi connectivity index (χ1v) is 10.6. The van der Waals surface area contributed by atoms with Gasteiger partial charge in [-0.3, -0.25) is 19.0 Å². The predicted molar refractivity (Wildman–Crippen MR) is 123 cm³/mol. The fourth-order valence-corrected chi connectivity index (χ4v) is 3.65. The van der Waals surface area contributed by atoms with E-state index in [9.17, 15) is 18.8 Å².